The van der Waals surface area contributed by atoms with Gasteiger partial charge in [-0.05, 0) is 31.0 Å². The van der Waals surface area contributed by atoms with E-state index in [0.717, 1.165) is 22.4 Å². The largest absolute Gasteiger partial charge is 0.496 e. The summed E-state index contributed by atoms with van der Waals surface area (Å²) >= 11 is 0. The summed E-state index contributed by atoms with van der Waals surface area (Å²) in [6.45, 7) is 4.02. The lowest BCUT2D eigenvalue weighted by Crippen LogP contribution is -2.00. The van der Waals surface area contributed by atoms with E-state index in [1.807, 2.05) is 19.9 Å². The average Bonchev–Trinajstić information content (AvgIpc) is 2.28. The number of hydrogen-bond donors (Lipinski definition) is 1. The quantitative estimate of drug-likeness (QED) is 0.850. The molecule has 0 amide bonds. The number of nitrogen functional groups attached to an aromatic ring is 1. The molecule has 1 heterocycles. The molecule has 17 heavy (non-hydrogen) atoms. The molecule has 0 bridgehead atoms. The Bertz CT molecular complexity index is 554. The Morgan fingerprint density at radius 3 is 2.65 bits per heavy atom. The third-order valence-corrected chi connectivity index (χ3v) is 2.47. The molecule has 0 saturated heterocycles. The Morgan fingerprint density at radius 2 is 2.00 bits per heavy atom. The van der Waals surface area contributed by atoms with Crippen LogP contribution in [0.1, 0.15) is 11.1 Å². The van der Waals surface area contributed by atoms with Crippen molar-refractivity contribution in [3.8, 4) is 17.0 Å². The van der Waals surface area contributed by atoms with Gasteiger partial charge >= 0.3 is 0 Å². The van der Waals surface area contributed by atoms with Gasteiger partial charge in [-0.1, -0.05) is 6.07 Å². The topological polar surface area (TPSA) is 73.9 Å². The van der Waals surface area contributed by atoms with Crippen LogP contribution in [0.4, 0.5) is 5.95 Å². The third kappa shape index (κ3) is 2.18. The van der Waals surface area contributed by atoms with Crippen LogP contribution in [0, 0.1) is 13.8 Å². The summed E-state index contributed by atoms with van der Waals surface area (Å²) < 4.78 is 5.40. The zero-order chi connectivity index (χ0) is 12.4. The van der Waals surface area contributed by atoms with Gasteiger partial charge in [-0.3, -0.25) is 0 Å². The molecule has 0 saturated carbocycles. The van der Waals surface area contributed by atoms with E-state index in [1.54, 1.807) is 13.3 Å². The molecule has 0 aliphatic carbocycles. The Kier molecular flexibility index (Phi) is 2.91. The zero-order valence-corrected chi connectivity index (χ0v) is 10.1. The number of anilines is 1. The molecule has 0 aliphatic heterocycles. The van der Waals surface area contributed by atoms with Gasteiger partial charge in [0.25, 0.3) is 0 Å². The Balaban J connectivity index is 2.65. The summed E-state index contributed by atoms with van der Waals surface area (Å²) in [5.41, 5.74) is 9.28. The highest BCUT2D eigenvalue weighted by atomic mass is 16.5. The fraction of sp³-hybridized carbons (Fsp3) is 0.250. The van der Waals surface area contributed by atoms with Crippen LogP contribution < -0.4 is 10.5 Å². The Hall–Kier alpha value is -2.17. The molecule has 2 N–H and O–H groups in total. The lowest BCUT2D eigenvalue weighted by Gasteiger charge is -2.12. The summed E-state index contributed by atoms with van der Waals surface area (Å²) in [6.07, 6.45) is 1.58. The standard InChI is InChI=1S/C12H14N4O/c1-7-4-8(2)11(17-3)9(5-7)10-6-14-16-12(13)15-10/h4-6H,1-3H3,(H2,13,15,16). The van der Waals surface area contributed by atoms with Crippen LogP contribution >= 0.6 is 0 Å². The van der Waals surface area contributed by atoms with Gasteiger partial charge in [0.05, 0.1) is 19.0 Å². The van der Waals surface area contributed by atoms with E-state index in [2.05, 4.69) is 21.2 Å². The van der Waals surface area contributed by atoms with Crippen molar-refractivity contribution in [3.63, 3.8) is 0 Å². The number of nitrogens with two attached hydrogens (primary N) is 1. The van der Waals surface area contributed by atoms with Crippen LogP contribution in [-0.4, -0.2) is 22.3 Å². The molecule has 2 rings (SSSR count). The molecule has 0 fully saturated rings. The second kappa shape index (κ2) is 4.37. The molecule has 2 aromatic rings. The molecule has 0 atom stereocenters. The highest BCUT2D eigenvalue weighted by Crippen LogP contribution is 2.32. The van der Waals surface area contributed by atoms with Crippen molar-refractivity contribution in [2.45, 2.75) is 13.8 Å². The van der Waals surface area contributed by atoms with Crippen LogP contribution in [0.2, 0.25) is 0 Å². The number of rotatable bonds is 2. The van der Waals surface area contributed by atoms with Crippen LogP contribution in [0.3, 0.4) is 0 Å². The van der Waals surface area contributed by atoms with Crippen molar-refractivity contribution in [1.29, 1.82) is 0 Å². The van der Waals surface area contributed by atoms with Crippen LogP contribution in [0.15, 0.2) is 18.3 Å². The maximum atomic E-state index is 5.54. The van der Waals surface area contributed by atoms with Gasteiger partial charge in [0.15, 0.2) is 0 Å². The summed E-state index contributed by atoms with van der Waals surface area (Å²) in [5.74, 6) is 0.944. The first kappa shape index (κ1) is 11.3. The van der Waals surface area contributed by atoms with Crippen molar-refractivity contribution >= 4 is 5.95 Å². The lowest BCUT2D eigenvalue weighted by molar-refractivity contribution is 0.413. The number of aryl methyl sites for hydroxylation is 2. The van der Waals surface area contributed by atoms with E-state index in [1.165, 1.54) is 0 Å². The summed E-state index contributed by atoms with van der Waals surface area (Å²) in [5, 5.41) is 7.44. The van der Waals surface area contributed by atoms with Crippen molar-refractivity contribution in [2.75, 3.05) is 12.8 Å². The molecule has 5 heteroatoms. The molecular weight excluding hydrogens is 216 g/mol. The molecule has 1 aromatic heterocycles. The lowest BCUT2D eigenvalue weighted by atomic mass is 10.0. The van der Waals surface area contributed by atoms with E-state index in [9.17, 15) is 0 Å². The fourth-order valence-corrected chi connectivity index (χ4v) is 1.86. The molecular formula is C12H14N4O. The van der Waals surface area contributed by atoms with Crippen LogP contribution in [-0.2, 0) is 0 Å². The highest BCUT2D eigenvalue weighted by molar-refractivity contribution is 5.70. The van der Waals surface area contributed by atoms with Crippen LogP contribution in [0.25, 0.3) is 11.3 Å². The van der Waals surface area contributed by atoms with Crippen molar-refractivity contribution < 1.29 is 4.74 Å². The zero-order valence-electron chi connectivity index (χ0n) is 10.1. The SMILES string of the molecule is COc1c(C)cc(C)cc1-c1cnnc(N)n1. The average molecular weight is 230 g/mol. The minimum atomic E-state index is 0.156. The third-order valence-electron chi connectivity index (χ3n) is 2.47. The van der Waals surface area contributed by atoms with Gasteiger partial charge in [0, 0.05) is 5.56 Å². The van der Waals surface area contributed by atoms with Crippen molar-refractivity contribution in [2.24, 2.45) is 0 Å². The number of nitrogens with zero attached hydrogens (tertiary/aromatic N) is 3. The molecule has 0 spiro atoms. The predicted molar refractivity (Wildman–Crippen MR) is 65.7 cm³/mol. The number of methoxy groups -OCH3 is 1. The summed E-state index contributed by atoms with van der Waals surface area (Å²) in [6, 6.07) is 4.05. The second-order valence-electron chi connectivity index (χ2n) is 3.86. The maximum absolute atomic E-state index is 5.54. The Labute approximate surface area is 99.7 Å². The first-order chi connectivity index (χ1) is 8.11. The van der Waals surface area contributed by atoms with E-state index in [4.69, 9.17) is 10.5 Å². The number of benzene rings is 1. The second-order valence-corrected chi connectivity index (χ2v) is 3.86. The normalized spacial score (nSPS) is 10.3. The minimum Gasteiger partial charge on any atom is -0.496 e. The molecule has 0 aliphatic rings. The van der Waals surface area contributed by atoms with Gasteiger partial charge in [0.1, 0.15) is 5.75 Å². The van der Waals surface area contributed by atoms with Gasteiger partial charge in [-0.15, -0.1) is 5.10 Å². The van der Waals surface area contributed by atoms with Crippen molar-refractivity contribution in [3.05, 3.63) is 29.5 Å². The van der Waals surface area contributed by atoms with E-state index in [0.29, 0.717) is 5.69 Å². The first-order valence-corrected chi connectivity index (χ1v) is 5.22. The molecule has 0 unspecified atom stereocenters. The van der Waals surface area contributed by atoms with Gasteiger partial charge in [-0.25, -0.2) is 4.98 Å². The molecule has 88 valence electrons. The highest BCUT2D eigenvalue weighted by Gasteiger charge is 2.11. The number of ether oxygens (including phenoxy) is 1. The van der Waals surface area contributed by atoms with Crippen LogP contribution in [0.5, 0.6) is 5.75 Å². The van der Waals surface area contributed by atoms with E-state index >= 15 is 0 Å². The molecule has 0 radical (unpaired) electrons. The van der Waals surface area contributed by atoms with Gasteiger partial charge in [-0.2, -0.15) is 5.10 Å². The van der Waals surface area contributed by atoms with Gasteiger partial charge in [0.2, 0.25) is 5.95 Å². The predicted octanol–water partition coefficient (Wildman–Crippen LogP) is 1.75. The summed E-state index contributed by atoms with van der Waals surface area (Å²) in [7, 11) is 1.64. The number of aromatic nitrogens is 3. The molecule has 1 aromatic carbocycles. The van der Waals surface area contributed by atoms with E-state index in [-0.39, 0.29) is 5.95 Å². The Morgan fingerprint density at radius 1 is 1.24 bits per heavy atom. The number of hydrogen-bond acceptors (Lipinski definition) is 5. The van der Waals surface area contributed by atoms with E-state index < -0.39 is 0 Å². The minimum absolute atomic E-state index is 0.156. The summed E-state index contributed by atoms with van der Waals surface area (Å²) in [4.78, 5) is 4.16. The van der Waals surface area contributed by atoms with Gasteiger partial charge < -0.3 is 10.5 Å². The van der Waals surface area contributed by atoms with Crippen molar-refractivity contribution in [1.82, 2.24) is 15.2 Å². The smallest absolute Gasteiger partial charge is 0.240 e. The first-order valence-electron chi connectivity index (χ1n) is 5.22. The monoisotopic (exact) mass is 230 g/mol. The molecule has 5 nitrogen and oxygen atoms in total. The fourth-order valence-electron chi connectivity index (χ4n) is 1.86. The maximum Gasteiger partial charge on any atom is 0.240 e.